The van der Waals surface area contributed by atoms with E-state index in [1.807, 2.05) is 24.9 Å². The summed E-state index contributed by atoms with van der Waals surface area (Å²) in [6.45, 7) is 6.52. The summed E-state index contributed by atoms with van der Waals surface area (Å²) in [7, 11) is 1.83. The zero-order valence-electron chi connectivity index (χ0n) is 17.0. The molecule has 1 aromatic carbocycles. The molecule has 1 saturated heterocycles. The van der Waals surface area contributed by atoms with E-state index in [0.29, 0.717) is 0 Å². The molecule has 1 aliphatic heterocycles. The Balaban J connectivity index is 0.00000280. The Labute approximate surface area is 189 Å². The van der Waals surface area contributed by atoms with E-state index >= 15 is 0 Å². The summed E-state index contributed by atoms with van der Waals surface area (Å²) in [5.74, 6) is 1.95. The minimum absolute atomic E-state index is 0. The molecule has 1 fully saturated rings. The SMILES string of the molecule is CN=C(NCCCn1c(C)nc2ccccc21)NCC1(SC)CCOCC1.I. The zero-order chi connectivity index (χ0) is 19.1. The first-order chi connectivity index (χ1) is 13.2. The highest BCUT2D eigenvalue weighted by Crippen LogP contribution is 2.32. The Kier molecular flexibility index (Phi) is 9.36. The van der Waals surface area contributed by atoms with Crippen LogP contribution in [0.4, 0.5) is 0 Å². The van der Waals surface area contributed by atoms with Gasteiger partial charge in [-0.1, -0.05) is 12.1 Å². The van der Waals surface area contributed by atoms with Crippen LogP contribution in [-0.4, -0.2) is 59.9 Å². The molecule has 0 saturated carbocycles. The van der Waals surface area contributed by atoms with Crippen LogP contribution in [0.3, 0.4) is 0 Å². The van der Waals surface area contributed by atoms with E-state index in [-0.39, 0.29) is 28.7 Å². The van der Waals surface area contributed by atoms with Crippen molar-refractivity contribution in [2.24, 2.45) is 4.99 Å². The van der Waals surface area contributed by atoms with Crippen LogP contribution in [0.25, 0.3) is 11.0 Å². The average molecular weight is 517 g/mol. The number of rotatable bonds is 7. The predicted molar refractivity (Wildman–Crippen MR) is 130 cm³/mol. The number of thioether (sulfide) groups is 1. The van der Waals surface area contributed by atoms with Gasteiger partial charge in [0.25, 0.3) is 0 Å². The molecule has 2 N–H and O–H groups in total. The highest BCUT2D eigenvalue weighted by Gasteiger charge is 2.31. The first-order valence-corrected chi connectivity index (χ1v) is 10.9. The van der Waals surface area contributed by atoms with Crippen molar-refractivity contribution in [3.63, 3.8) is 0 Å². The van der Waals surface area contributed by atoms with Gasteiger partial charge in [-0.05, 0) is 44.6 Å². The Hall–Kier alpha value is -1.000. The van der Waals surface area contributed by atoms with Crippen LogP contribution < -0.4 is 10.6 Å². The molecular weight excluding hydrogens is 485 g/mol. The molecule has 6 nitrogen and oxygen atoms in total. The van der Waals surface area contributed by atoms with E-state index in [0.717, 1.165) is 69.4 Å². The molecule has 0 spiro atoms. The molecule has 0 atom stereocenters. The number of halogens is 1. The van der Waals surface area contributed by atoms with Crippen molar-refractivity contribution < 1.29 is 4.74 Å². The van der Waals surface area contributed by atoms with Crippen LogP contribution >= 0.6 is 35.7 Å². The molecule has 8 heteroatoms. The monoisotopic (exact) mass is 517 g/mol. The lowest BCUT2D eigenvalue weighted by molar-refractivity contribution is 0.0783. The topological polar surface area (TPSA) is 63.5 Å². The van der Waals surface area contributed by atoms with Crippen LogP contribution in [0.15, 0.2) is 29.3 Å². The summed E-state index contributed by atoms with van der Waals surface area (Å²) in [6, 6.07) is 8.32. The van der Waals surface area contributed by atoms with Gasteiger partial charge < -0.3 is 19.9 Å². The number of fused-ring (bicyclic) bond motifs is 1. The maximum absolute atomic E-state index is 5.52. The van der Waals surface area contributed by atoms with Crippen molar-refractivity contribution in [3.05, 3.63) is 30.1 Å². The second-order valence-corrected chi connectivity index (χ2v) is 8.28. The summed E-state index contributed by atoms with van der Waals surface area (Å²) in [6.07, 6.45) is 5.39. The van der Waals surface area contributed by atoms with Crippen molar-refractivity contribution in [3.8, 4) is 0 Å². The molecule has 28 heavy (non-hydrogen) atoms. The molecule has 0 bridgehead atoms. The molecule has 156 valence electrons. The number of imidazole rings is 1. The number of para-hydroxylation sites is 2. The van der Waals surface area contributed by atoms with Crippen molar-refractivity contribution in [2.45, 2.75) is 37.5 Å². The van der Waals surface area contributed by atoms with Gasteiger partial charge in [0.05, 0.1) is 11.0 Å². The van der Waals surface area contributed by atoms with Gasteiger partial charge in [0.15, 0.2) is 5.96 Å². The number of guanidine groups is 1. The second-order valence-electron chi connectivity index (χ2n) is 7.00. The zero-order valence-corrected chi connectivity index (χ0v) is 20.2. The Morgan fingerprint density at radius 2 is 2.04 bits per heavy atom. The van der Waals surface area contributed by atoms with Gasteiger partial charge in [-0.2, -0.15) is 11.8 Å². The van der Waals surface area contributed by atoms with Crippen LogP contribution in [0.2, 0.25) is 0 Å². The van der Waals surface area contributed by atoms with Crippen LogP contribution in [-0.2, 0) is 11.3 Å². The molecule has 2 heterocycles. The maximum Gasteiger partial charge on any atom is 0.191 e. The molecule has 1 aromatic heterocycles. The standard InChI is InChI=1S/C20H31N5OS.HI/c1-16-24-17-7-4-5-8-18(17)25(16)12-6-11-22-19(21-2)23-15-20(27-3)9-13-26-14-10-20;/h4-5,7-8H,6,9-15H2,1-3H3,(H2,21,22,23);1H. The molecule has 0 unspecified atom stereocenters. The normalized spacial score (nSPS) is 16.6. The van der Waals surface area contributed by atoms with Crippen LogP contribution in [0.1, 0.15) is 25.1 Å². The minimum atomic E-state index is 0. The summed E-state index contributed by atoms with van der Waals surface area (Å²) >= 11 is 1.94. The third kappa shape index (κ3) is 5.76. The predicted octanol–water partition coefficient (Wildman–Crippen LogP) is 3.43. The van der Waals surface area contributed by atoms with Gasteiger partial charge in [-0.15, -0.1) is 24.0 Å². The number of ether oxygens (including phenoxy) is 1. The summed E-state index contributed by atoms with van der Waals surface area (Å²) < 4.78 is 8.06. The fourth-order valence-corrected chi connectivity index (χ4v) is 4.38. The smallest absolute Gasteiger partial charge is 0.191 e. The minimum Gasteiger partial charge on any atom is -0.381 e. The van der Waals surface area contributed by atoms with Gasteiger partial charge in [-0.25, -0.2) is 4.98 Å². The lowest BCUT2D eigenvalue weighted by Crippen LogP contribution is -2.48. The number of nitrogens with one attached hydrogen (secondary N) is 2. The maximum atomic E-state index is 5.52. The number of hydrogen-bond acceptors (Lipinski definition) is 4. The van der Waals surface area contributed by atoms with Gasteiger partial charge in [0.1, 0.15) is 5.82 Å². The third-order valence-electron chi connectivity index (χ3n) is 5.34. The van der Waals surface area contributed by atoms with Crippen molar-refractivity contribution in [1.82, 2.24) is 20.2 Å². The fraction of sp³-hybridized carbons (Fsp3) is 0.600. The molecule has 0 radical (unpaired) electrons. The van der Waals surface area contributed by atoms with Gasteiger partial charge >= 0.3 is 0 Å². The molecular formula is C20H32IN5OS. The van der Waals surface area contributed by atoms with Gasteiger partial charge in [-0.3, -0.25) is 4.99 Å². The van der Waals surface area contributed by atoms with Gasteiger partial charge in [0.2, 0.25) is 0 Å². The number of aromatic nitrogens is 2. The molecule has 2 aromatic rings. The highest BCUT2D eigenvalue weighted by molar-refractivity contribution is 14.0. The quantitative estimate of drug-likeness (QED) is 0.255. The van der Waals surface area contributed by atoms with Crippen LogP contribution in [0.5, 0.6) is 0 Å². The van der Waals surface area contributed by atoms with Gasteiger partial charge in [0, 0.05) is 44.6 Å². The number of nitrogens with zero attached hydrogens (tertiary/aromatic N) is 3. The molecule has 1 aliphatic rings. The average Bonchev–Trinajstić information content (AvgIpc) is 3.03. The number of benzene rings is 1. The van der Waals surface area contributed by atoms with Crippen molar-refractivity contribution >= 4 is 52.7 Å². The van der Waals surface area contributed by atoms with Crippen molar-refractivity contribution in [2.75, 3.05) is 39.6 Å². The fourth-order valence-electron chi connectivity index (χ4n) is 3.58. The first-order valence-electron chi connectivity index (χ1n) is 9.67. The van der Waals surface area contributed by atoms with Crippen molar-refractivity contribution in [1.29, 1.82) is 0 Å². The summed E-state index contributed by atoms with van der Waals surface area (Å²) in [4.78, 5) is 9.01. The lowest BCUT2D eigenvalue weighted by Gasteiger charge is -2.36. The Bertz CT molecular complexity index is 773. The highest BCUT2D eigenvalue weighted by atomic mass is 127. The van der Waals surface area contributed by atoms with E-state index < -0.39 is 0 Å². The molecule has 0 amide bonds. The van der Waals surface area contributed by atoms with E-state index in [1.165, 1.54) is 5.52 Å². The number of hydrogen-bond donors (Lipinski definition) is 2. The second kappa shape index (κ2) is 11.3. The van der Waals surface area contributed by atoms with Crippen LogP contribution in [0, 0.1) is 6.92 Å². The van der Waals surface area contributed by atoms with E-state index in [1.54, 1.807) is 0 Å². The Morgan fingerprint density at radius 1 is 1.29 bits per heavy atom. The largest absolute Gasteiger partial charge is 0.381 e. The van der Waals surface area contributed by atoms with E-state index in [9.17, 15) is 0 Å². The lowest BCUT2D eigenvalue weighted by atomic mass is 9.99. The first kappa shape index (κ1) is 23.3. The number of aryl methyl sites for hydroxylation is 2. The molecule has 0 aliphatic carbocycles. The third-order valence-corrected chi connectivity index (χ3v) is 6.75. The number of aliphatic imine (C=N–C) groups is 1. The molecule has 3 rings (SSSR count). The van der Waals surface area contributed by atoms with E-state index in [2.05, 4.69) is 56.6 Å². The Morgan fingerprint density at radius 3 is 2.75 bits per heavy atom. The summed E-state index contributed by atoms with van der Waals surface area (Å²) in [5, 5.41) is 6.95. The van der Waals surface area contributed by atoms with E-state index in [4.69, 9.17) is 4.74 Å². The summed E-state index contributed by atoms with van der Waals surface area (Å²) in [5.41, 5.74) is 2.28.